The van der Waals surface area contributed by atoms with E-state index in [0.29, 0.717) is 0 Å². The van der Waals surface area contributed by atoms with Crippen molar-refractivity contribution in [3.63, 3.8) is 0 Å². The van der Waals surface area contributed by atoms with Crippen molar-refractivity contribution < 1.29 is 38.9 Å². The molecule has 0 aliphatic rings. The first kappa shape index (κ1) is 25.3. The van der Waals surface area contributed by atoms with Gasteiger partial charge in [-0.25, -0.2) is 4.79 Å². The Kier molecular flexibility index (Phi) is 8.50. The van der Waals surface area contributed by atoms with E-state index in [1.807, 2.05) is 26.0 Å². The van der Waals surface area contributed by atoms with Crippen LogP contribution in [0.4, 0.5) is 0 Å². The molecule has 2 aromatic rings. The van der Waals surface area contributed by atoms with E-state index in [9.17, 15) is 29.4 Å². The van der Waals surface area contributed by atoms with Gasteiger partial charge in [0.15, 0.2) is 0 Å². The summed E-state index contributed by atoms with van der Waals surface area (Å²) >= 11 is 0. The smallest absolute Gasteiger partial charge is 0.332 e. The summed E-state index contributed by atoms with van der Waals surface area (Å²) in [5.74, 6) is -6.56. The van der Waals surface area contributed by atoms with Crippen molar-refractivity contribution in [2.24, 2.45) is 11.8 Å². The number of carboxylic acid groups (broad SMARTS) is 2. The summed E-state index contributed by atoms with van der Waals surface area (Å²) in [6.45, 7) is 6.36. The molecule has 0 saturated heterocycles. The minimum Gasteiger partial charge on any atom is -0.481 e. The van der Waals surface area contributed by atoms with Gasteiger partial charge in [-0.2, -0.15) is 0 Å². The number of hydrogen-bond donors (Lipinski definition) is 2. The van der Waals surface area contributed by atoms with Crippen LogP contribution in [0, 0.1) is 25.7 Å². The summed E-state index contributed by atoms with van der Waals surface area (Å²) in [4.78, 5) is 49.0. The largest absolute Gasteiger partial charge is 0.481 e. The molecule has 0 heterocycles. The zero-order chi connectivity index (χ0) is 24.7. The molecular weight excluding hydrogens is 428 g/mol. The molecule has 2 aromatic carbocycles. The molecule has 2 unspecified atom stereocenters. The summed E-state index contributed by atoms with van der Waals surface area (Å²) in [7, 11) is 0. The van der Waals surface area contributed by atoms with Gasteiger partial charge in [0, 0.05) is 5.57 Å². The molecular formula is C25H26O8. The Balaban J connectivity index is 2.43. The first-order valence-electron chi connectivity index (χ1n) is 10.2. The molecule has 0 saturated carbocycles. The van der Waals surface area contributed by atoms with Gasteiger partial charge in [0.05, 0.1) is 18.3 Å². The third-order valence-corrected chi connectivity index (χ3v) is 4.99. The van der Waals surface area contributed by atoms with Crippen LogP contribution in [0.25, 0.3) is 0 Å². The minimum atomic E-state index is -1.54. The Bertz CT molecular complexity index is 1030. The van der Waals surface area contributed by atoms with E-state index in [4.69, 9.17) is 9.47 Å². The maximum atomic E-state index is 12.9. The van der Waals surface area contributed by atoms with E-state index in [0.717, 1.165) is 11.1 Å². The monoisotopic (exact) mass is 454 g/mol. The Hall–Kier alpha value is -3.94. The van der Waals surface area contributed by atoms with Crippen LogP contribution >= 0.6 is 0 Å². The highest BCUT2D eigenvalue weighted by Crippen LogP contribution is 2.30. The Morgan fingerprint density at radius 2 is 1.21 bits per heavy atom. The van der Waals surface area contributed by atoms with Gasteiger partial charge in [-0.3, -0.25) is 14.4 Å². The number of aliphatic carboxylic acids is 2. The average molecular weight is 454 g/mol. The Morgan fingerprint density at radius 3 is 1.55 bits per heavy atom. The quantitative estimate of drug-likeness (QED) is 0.331. The molecule has 2 rings (SSSR count). The molecule has 0 radical (unpaired) electrons. The molecule has 0 spiro atoms. The highest BCUT2D eigenvalue weighted by atomic mass is 16.5. The van der Waals surface area contributed by atoms with E-state index in [2.05, 4.69) is 0 Å². The van der Waals surface area contributed by atoms with Crippen LogP contribution in [0.3, 0.4) is 0 Å². The summed E-state index contributed by atoms with van der Waals surface area (Å²) in [6, 6.07) is 13.4. The molecule has 174 valence electrons. The molecule has 0 amide bonds. The van der Waals surface area contributed by atoms with Gasteiger partial charge in [0.25, 0.3) is 0 Å². The third kappa shape index (κ3) is 7.03. The molecule has 0 aromatic heterocycles. The number of carbonyl (C=O) groups is 4. The normalized spacial score (nSPS) is 12.2. The number of rotatable bonds is 9. The maximum absolute atomic E-state index is 12.9. The molecule has 2 N–H and O–H groups in total. The zero-order valence-corrected chi connectivity index (χ0v) is 18.8. The summed E-state index contributed by atoms with van der Waals surface area (Å²) in [5, 5.41) is 18.9. The van der Waals surface area contributed by atoms with Crippen LogP contribution in [0.2, 0.25) is 0 Å². The van der Waals surface area contributed by atoms with E-state index < -0.39 is 47.7 Å². The van der Waals surface area contributed by atoms with E-state index in [1.54, 1.807) is 36.4 Å². The molecule has 2 atom stereocenters. The highest BCUT2D eigenvalue weighted by molar-refractivity contribution is 5.96. The number of ether oxygens (including phenoxy) is 2. The highest BCUT2D eigenvalue weighted by Gasteiger charge is 2.34. The number of hydrogen-bond acceptors (Lipinski definition) is 6. The Morgan fingerprint density at radius 1 is 0.788 bits per heavy atom. The second-order valence-corrected chi connectivity index (χ2v) is 7.73. The van der Waals surface area contributed by atoms with Gasteiger partial charge in [-0.1, -0.05) is 24.3 Å². The molecule has 0 aliphatic heterocycles. The van der Waals surface area contributed by atoms with Crippen LogP contribution < -0.4 is 9.47 Å². The topological polar surface area (TPSA) is 127 Å². The van der Waals surface area contributed by atoms with Crippen LogP contribution in [-0.2, 0) is 19.2 Å². The number of carbonyl (C=O) groups excluding carboxylic acids is 2. The molecule has 0 fully saturated rings. The van der Waals surface area contributed by atoms with E-state index >= 15 is 0 Å². The fourth-order valence-corrected chi connectivity index (χ4v) is 3.37. The van der Waals surface area contributed by atoms with Crippen molar-refractivity contribution in [1.82, 2.24) is 0 Å². The van der Waals surface area contributed by atoms with Gasteiger partial charge in [-0.05, 0) is 68.7 Å². The molecule has 33 heavy (non-hydrogen) atoms. The van der Waals surface area contributed by atoms with Crippen molar-refractivity contribution in [2.45, 2.75) is 34.1 Å². The second kappa shape index (κ2) is 11.1. The lowest BCUT2D eigenvalue weighted by Crippen LogP contribution is -2.31. The molecule has 0 aliphatic carbocycles. The fourth-order valence-electron chi connectivity index (χ4n) is 3.37. The molecule has 0 bridgehead atoms. The van der Waals surface area contributed by atoms with E-state index in [-0.39, 0.29) is 17.1 Å². The first-order chi connectivity index (χ1) is 15.5. The van der Waals surface area contributed by atoms with Crippen molar-refractivity contribution in [1.29, 1.82) is 0 Å². The van der Waals surface area contributed by atoms with Crippen LogP contribution in [0.5, 0.6) is 11.5 Å². The third-order valence-electron chi connectivity index (χ3n) is 4.99. The van der Waals surface area contributed by atoms with Gasteiger partial charge in [0.1, 0.15) is 11.5 Å². The predicted molar refractivity (Wildman–Crippen MR) is 119 cm³/mol. The summed E-state index contributed by atoms with van der Waals surface area (Å²) in [6.07, 6.45) is -0.880. The lowest BCUT2D eigenvalue weighted by molar-refractivity contribution is -0.141. The number of benzene rings is 2. The van der Waals surface area contributed by atoms with Crippen LogP contribution in [0.15, 0.2) is 59.7 Å². The SMILES string of the molecule is Cc1cccc(OC(=O)C(C)C(=C(CC(=O)O)C(=O)O)C(C)C(=O)Oc2cccc(C)c2)c1. The standard InChI is InChI=1S/C25H26O8/c1-14-7-5-9-18(11-14)32-24(30)16(3)22(20(23(28)29)13-21(26)27)17(4)25(31)33-19-10-6-8-15(2)12-19/h5-12,16-17H,13H2,1-4H3,(H,26,27)(H,28,29). The lowest BCUT2D eigenvalue weighted by atomic mass is 9.84. The Labute approximate surface area is 191 Å². The van der Waals surface area contributed by atoms with Gasteiger partial charge in [0.2, 0.25) is 0 Å². The summed E-state index contributed by atoms with van der Waals surface area (Å²) < 4.78 is 10.7. The maximum Gasteiger partial charge on any atom is 0.332 e. The lowest BCUT2D eigenvalue weighted by Gasteiger charge is -2.22. The number of esters is 2. The molecule has 8 heteroatoms. The minimum absolute atomic E-state index is 0.180. The second-order valence-electron chi connectivity index (χ2n) is 7.73. The van der Waals surface area contributed by atoms with Crippen molar-refractivity contribution in [3.05, 3.63) is 70.8 Å². The average Bonchev–Trinajstić information content (AvgIpc) is 2.72. The van der Waals surface area contributed by atoms with Gasteiger partial charge >= 0.3 is 23.9 Å². The summed E-state index contributed by atoms with van der Waals surface area (Å²) in [5.41, 5.74) is 0.942. The molecule has 8 nitrogen and oxygen atoms in total. The van der Waals surface area contributed by atoms with Gasteiger partial charge < -0.3 is 19.7 Å². The van der Waals surface area contributed by atoms with Crippen molar-refractivity contribution in [2.75, 3.05) is 0 Å². The number of carboxylic acids is 2. The van der Waals surface area contributed by atoms with Crippen molar-refractivity contribution >= 4 is 23.9 Å². The van der Waals surface area contributed by atoms with Crippen LogP contribution in [0.1, 0.15) is 31.4 Å². The van der Waals surface area contributed by atoms with Crippen molar-refractivity contribution in [3.8, 4) is 11.5 Å². The number of aryl methyl sites for hydroxylation is 2. The zero-order valence-electron chi connectivity index (χ0n) is 18.8. The van der Waals surface area contributed by atoms with Gasteiger partial charge in [-0.15, -0.1) is 0 Å². The van der Waals surface area contributed by atoms with Crippen LogP contribution in [-0.4, -0.2) is 34.1 Å². The van der Waals surface area contributed by atoms with E-state index in [1.165, 1.54) is 13.8 Å². The fraction of sp³-hybridized carbons (Fsp3) is 0.280. The first-order valence-corrected chi connectivity index (χ1v) is 10.2. The predicted octanol–water partition coefficient (Wildman–Crippen LogP) is 3.94.